The molecule has 1 atom stereocenters. The second kappa shape index (κ2) is 1.76. The molecule has 1 amide bonds. The van der Waals surface area contributed by atoms with Crippen LogP contribution < -0.4 is 11.1 Å². The molecule has 0 aromatic rings. The molecular weight excluding hydrogens is 116 g/mol. The van der Waals surface area contributed by atoms with Crippen molar-refractivity contribution in [2.45, 2.75) is 18.9 Å². The van der Waals surface area contributed by atoms with Gasteiger partial charge in [0.05, 0.1) is 0 Å². The highest BCUT2D eigenvalue weighted by atomic mass is 16.1. The highest BCUT2D eigenvalue weighted by molar-refractivity contribution is 5.85. The topological polar surface area (TPSA) is 55.1 Å². The van der Waals surface area contributed by atoms with Crippen LogP contribution in [-0.2, 0) is 4.79 Å². The zero-order chi connectivity index (χ0) is 6.91. The van der Waals surface area contributed by atoms with Crippen molar-refractivity contribution in [3.63, 3.8) is 0 Å². The van der Waals surface area contributed by atoms with Crippen LogP contribution in [0.3, 0.4) is 0 Å². The van der Waals surface area contributed by atoms with Gasteiger partial charge >= 0.3 is 0 Å². The largest absolute Gasteiger partial charge is 0.377 e. The minimum atomic E-state index is -0.528. The number of carbonyl (C=O) groups excluding carboxylic acids is 1. The Morgan fingerprint density at radius 3 is 2.78 bits per heavy atom. The molecule has 0 aromatic heterocycles. The smallest absolute Gasteiger partial charge is 0.243 e. The molecule has 0 bridgehead atoms. The van der Waals surface area contributed by atoms with Crippen LogP contribution in [0.2, 0.25) is 0 Å². The molecule has 1 aliphatic rings. The molecule has 0 aliphatic carbocycles. The molecule has 9 heavy (non-hydrogen) atoms. The number of nitrogens with two attached hydrogens (primary N) is 1. The van der Waals surface area contributed by atoms with Gasteiger partial charge in [0.2, 0.25) is 5.91 Å². The lowest BCUT2D eigenvalue weighted by Crippen LogP contribution is -2.48. The number of hydrogen-bond acceptors (Lipinski definition) is 2. The fourth-order valence-electron chi connectivity index (χ4n) is 0.768. The van der Waals surface area contributed by atoms with Crippen molar-refractivity contribution in [1.29, 1.82) is 0 Å². The summed E-state index contributed by atoms with van der Waals surface area (Å²) in [6.07, 6.45) is 4.35. The van der Waals surface area contributed by atoms with Gasteiger partial charge in [-0.15, -0.1) is 0 Å². The number of carbonyl (C=O) groups is 1. The van der Waals surface area contributed by atoms with Gasteiger partial charge in [0.15, 0.2) is 0 Å². The molecule has 3 N–H and O–H groups in total. The van der Waals surface area contributed by atoms with Crippen LogP contribution in [0.15, 0.2) is 12.3 Å². The van der Waals surface area contributed by atoms with Gasteiger partial charge in [0.25, 0.3) is 0 Å². The second-order valence-corrected chi connectivity index (χ2v) is 2.45. The molecule has 1 unspecified atom stereocenters. The standard InChI is InChI=1S/C6H10N2O/c1-6(5(7)9)3-2-4-8-6/h2,4,8H,3H2,1H3,(H2,7,9). The van der Waals surface area contributed by atoms with Gasteiger partial charge in [-0.25, -0.2) is 0 Å². The zero-order valence-electron chi connectivity index (χ0n) is 5.35. The maximum absolute atomic E-state index is 10.6. The molecule has 3 nitrogen and oxygen atoms in total. The van der Waals surface area contributed by atoms with Crippen LogP contribution in [-0.4, -0.2) is 11.4 Å². The van der Waals surface area contributed by atoms with Crippen molar-refractivity contribution < 1.29 is 4.79 Å². The molecule has 1 heterocycles. The number of nitrogens with one attached hydrogen (secondary N) is 1. The van der Waals surface area contributed by atoms with E-state index in [1.807, 2.05) is 6.08 Å². The van der Waals surface area contributed by atoms with Crippen LogP contribution in [0, 0.1) is 0 Å². The fraction of sp³-hybridized carbons (Fsp3) is 0.500. The van der Waals surface area contributed by atoms with Gasteiger partial charge in [0.1, 0.15) is 5.54 Å². The first-order valence-corrected chi connectivity index (χ1v) is 2.88. The van der Waals surface area contributed by atoms with E-state index in [0.717, 1.165) is 0 Å². The van der Waals surface area contributed by atoms with Crippen molar-refractivity contribution in [2.24, 2.45) is 5.73 Å². The normalized spacial score (nSPS) is 32.1. The van der Waals surface area contributed by atoms with E-state index in [1.165, 1.54) is 0 Å². The number of rotatable bonds is 1. The predicted molar refractivity (Wildman–Crippen MR) is 34.5 cm³/mol. The Morgan fingerprint density at radius 1 is 1.89 bits per heavy atom. The Morgan fingerprint density at radius 2 is 2.56 bits per heavy atom. The Kier molecular flexibility index (Phi) is 1.20. The summed E-state index contributed by atoms with van der Waals surface area (Å²) >= 11 is 0. The molecule has 1 rings (SSSR count). The molecule has 0 spiro atoms. The van der Waals surface area contributed by atoms with Crippen LogP contribution in [0.1, 0.15) is 13.3 Å². The van der Waals surface area contributed by atoms with Crippen molar-refractivity contribution in [2.75, 3.05) is 0 Å². The third-order valence-electron chi connectivity index (χ3n) is 1.59. The van der Waals surface area contributed by atoms with E-state index in [4.69, 9.17) is 5.73 Å². The molecule has 0 fully saturated rings. The molecule has 50 valence electrons. The lowest BCUT2D eigenvalue weighted by Gasteiger charge is -2.19. The maximum atomic E-state index is 10.6. The van der Waals surface area contributed by atoms with Gasteiger partial charge < -0.3 is 11.1 Å². The third kappa shape index (κ3) is 0.896. The van der Waals surface area contributed by atoms with Crippen molar-refractivity contribution in [1.82, 2.24) is 5.32 Å². The molecular formula is C6H10N2O. The van der Waals surface area contributed by atoms with Gasteiger partial charge in [-0.05, 0) is 19.5 Å². The molecule has 0 saturated carbocycles. The highest BCUT2D eigenvalue weighted by Crippen LogP contribution is 2.14. The summed E-state index contributed by atoms with van der Waals surface area (Å²) in [5, 5.41) is 2.88. The average molecular weight is 126 g/mol. The minimum absolute atomic E-state index is 0.299. The Hall–Kier alpha value is -0.990. The maximum Gasteiger partial charge on any atom is 0.243 e. The second-order valence-electron chi connectivity index (χ2n) is 2.45. The van der Waals surface area contributed by atoms with E-state index >= 15 is 0 Å². The summed E-state index contributed by atoms with van der Waals surface area (Å²) in [6, 6.07) is 0. The summed E-state index contributed by atoms with van der Waals surface area (Å²) in [5.41, 5.74) is 4.56. The first-order valence-electron chi connectivity index (χ1n) is 2.88. The minimum Gasteiger partial charge on any atom is -0.377 e. The summed E-state index contributed by atoms with van der Waals surface area (Å²) in [7, 11) is 0. The molecule has 1 aliphatic heterocycles. The molecule has 0 saturated heterocycles. The van der Waals surface area contributed by atoms with E-state index in [0.29, 0.717) is 6.42 Å². The van der Waals surface area contributed by atoms with Crippen LogP contribution in [0.5, 0.6) is 0 Å². The number of hydrogen-bond donors (Lipinski definition) is 2. The molecule has 0 radical (unpaired) electrons. The van der Waals surface area contributed by atoms with E-state index in [9.17, 15) is 4.79 Å². The van der Waals surface area contributed by atoms with E-state index < -0.39 is 5.54 Å². The van der Waals surface area contributed by atoms with Crippen molar-refractivity contribution >= 4 is 5.91 Å². The highest BCUT2D eigenvalue weighted by Gasteiger charge is 2.30. The van der Waals surface area contributed by atoms with Crippen molar-refractivity contribution in [3.05, 3.63) is 12.3 Å². The Bertz CT molecular complexity index is 154. The summed E-state index contributed by atoms with van der Waals surface area (Å²) in [5.74, 6) is -0.299. The molecule has 3 heteroatoms. The van der Waals surface area contributed by atoms with Crippen LogP contribution >= 0.6 is 0 Å². The monoisotopic (exact) mass is 126 g/mol. The Balaban J connectivity index is 2.66. The van der Waals surface area contributed by atoms with Crippen LogP contribution in [0.4, 0.5) is 0 Å². The van der Waals surface area contributed by atoms with Crippen LogP contribution in [0.25, 0.3) is 0 Å². The Labute approximate surface area is 53.9 Å². The first-order chi connectivity index (χ1) is 4.15. The number of primary amides is 1. The summed E-state index contributed by atoms with van der Waals surface area (Å²) in [4.78, 5) is 10.6. The lowest BCUT2D eigenvalue weighted by atomic mass is 10.0. The van der Waals surface area contributed by atoms with E-state index in [1.54, 1.807) is 13.1 Å². The van der Waals surface area contributed by atoms with E-state index in [2.05, 4.69) is 5.32 Å². The van der Waals surface area contributed by atoms with E-state index in [-0.39, 0.29) is 5.91 Å². The van der Waals surface area contributed by atoms with Gasteiger partial charge in [-0.3, -0.25) is 4.79 Å². The first kappa shape index (κ1) is 6.13. The SMILES string of the molecule is CC1(C(N)=O)CC=CN1. The lowest BCUT2D eigenvalue weighted by molar-refractivity contribution is -0.123. The summed E-state index contributed by atoms with van der Waals surface area (Å²) in [6.45, 7) is 1.79. The number of amides is 1. The summed E-state index contributed by atoms with van der Waals surface area (Å²) < 4.78 is 0. The van der Waals surface area contributed by atoms with Crippen molar-refractivity contribution in [3.8, 4) is 0 Å². The predicted octanol–water partition coefficient (Wildman–Crippen LogP) is -0.263. The average Bonchev–Trinajstić information content (AvgIpc) is 2.16. The third-order valence-corrected chi connectivity index (χ3v) is 1.59. The molecule has 0 aromatic carbocycles. The van der Waals surface area contributed by atoms with Gasteiger partial charge in [-0.1, -0.05) is 6.08 Å². The fourth-order valence-corrected chi connectivity index (χ4v) is 0.768. The van der Waals surface area contributed by atoms with Gasteiger partial charge in [-0.2, -0.15) is 0 Å². The zero-order valence-corrected chi connectivity index (χ0v) is 5.35. The quantitative estimate of drug-likeness (QED) is 0.508. The van der Waals surface area contributed by atoms with Gasteiger partial charge in [0, 0.05) is 0 Å².